The second-order valence-corrected chi connectivity index (χ2v) is 6.95. The second-order valence-electron chi connectivity index (χ2n) is 4.40. The molecule has 2 aromatic rings. The van der Waals surface area contributed by atoms with Crippen LogP contribution in [0.5, 0.6) is 0 Å². The number of benzene rings is 1. The van der Waals surface area contributed by atoms with Crippen LogP contribution in [0.15, 0.2) is 45.2 Å². The van der Waals surface area contributed by atoms with Crippen molar-refractivity contribution in [2.24, 2.45) is 4.99 Å². The summed E-state index contributed by atoms with van der Waals surface area (Å²) in [7, 11) is 1.72. The third-order valence-electron chi connectivity index (χ3n) is 2.93. The normalized spacial score (nSPS) is 11.5. The van der Waals surface area contributed by atoms with Crippen LogP contribution in [-0.4, -0.2) is 19.6 Å². The highest BCUT2D eigenvalue weighted by molar-refractivity contribution is 9.11. The van der Waals surface area contributed by atoms with Gasteiger partial charge in [0.15, 0.2) is 5.96 Å². The summed E-state index contributed by atoms with van der Waals surface area (Å²) in [4.78, 5) is 5.38. The topological polar surface area (TPSA) is 36.4 Å². The summed E-state index contributed by atoms with van der Waals surface area (Å²) >= 11 is 5.12. The monoisotopic (exact) mass is 369 g/mol. The van der Waals surface area contributed by atoms with Crippen LogP contribution < -0.4 is 10.6 Å². The SMILES string of the molecule is CN=C(NCCc1ccccc1F)NCc1ccc(Br)s1. The van der Waals surface area contributed by atoms with Crippen LogP contribution in [0.4, 0.5) is 4.39 Å². The van der Waals surface area contributed by atoms with E-state index in [0.29, 0.717) is 18.5 Å². The fraction of sp³-hybridized carbons (Fsp3) is 0.267. The molecule has 0 aliphatic heterocycles. The highest BCUT2D eigenvalue weighted by Gasteiger charge is 2.03. The fourth-order valence-corrected chi connectivity index (χ4v) is 3.28. The van der Waals surface area contributed by atoms with Gasteiger partial charge in [-0.2, -0.15) is 0 Å². The van der Waals surface area contributed by atoms with Gasteiger partial charge >= 0.3 is 0 Å². The van der Waals surface area contributed by atoms with E-state index in [9.17, 15) is 4.39 Å². The Hall–Kier alpha value is -1.40. The van der Waals surface area contributed by atoms with Crippen molar-refractivity contribution in [3.05, 3.63) is 56.4 Å². The Morgan fingerprint density at radius 1 is 1.24 bits per heavy atom. The van der Waals surface area contributed by atoms with Crippen molar-refractivity contribution in [3.63, 3.8) is 0 Å². The zero-order chi connectivity index (χ0) is 15.1. The van der Waals surface area contributed by atoms with Gasteiger partial charge < -0.3 is 10.6 Å². The first-order valence-electron chi connectivity index (χ1n) is 6.61. The molecule has 0 aliphatic rings. The van der Waals surface area contributed by atoms with Crippen molar-refractivity contribution in [3.8, 4) is 0 Å². The highest BCUT2D eigenvalue weighted by Crippen LogP contribution is 2.21. The first kappa shape index (κ1) is 16.0. The molecule has 0 fully saturated rings. The maximum absolute atomic E-state index is 13.5. The van der Waals surface area contributed by atoms with Gasteiger partial charge in [-0.15, -0.1) is 11.3 Å². The lowest BCUT2D eigenvalue weighted by Crippen LogP contribution is -2.37. The Morgan fingerprint density at radius 2 is 2.05 bits per heavy atom. The fourth-order valence-electron chi connectivity index (χ4n) is 1.85. The molecule has 6 heteroatoms. The first-order chi connectivity index (χ1) is 10.2. The summed E-state index contributed by atoms with van der Waals surface area (Å²) in [5.74, 6) is 0.557. The van der Waals surface area contributed by atoms with Gasteiger partial charge in [-0.05, 0) is 46.1 Å². The number of guanidine groups is 1. The number of thiophene rings is 1. The molecule has 1 aromatic heterocycles. The Bertz CT molecular complexity index is 612. The highest BCUT2D eigenvalue weighted by atomic mass is 79.9. The van der Waals surface area contributed by atoms with E-state index >= 15 is 0 Å². The predicted molar refractivity (Wildman–Crippen MR) is 90.3 cm³/mol. The van der Waals surface area contributed by atoms with Crippen LogP contribution in [0.2, 0.25) is 0 Å². The minimum absolute atomic E-state index is 0.161. The number of hydrogen-bond acceptors (Lipinski definition) is 2. The molecule has 0 radical (unpaired) electrons. The van der Waals surface area contributed by atoms with Crippen molar-refractivity contribution < 1.29 is 4.39 Å². The van der Waals surface area contributed by atoms with Crippen LogP contribution in [0.1, 0.15) is 10.4 Å². The molecule has 0 amide bonds. The van der Waals surface area contributed by atoms with Gasteiger partial charge in [-0.1, -0.05) is 18.2 Å². The van der Waals surface area contributed by atoms with E-state index in [0.717, 1.165) is 16.3 Å². The zero-order valence-corrected chi connectivity index (χ0v) is 14.1. The van der Waals surface area contributed by atoms with Gasteiger partial charge in [0, 0.05) is 18.5 Å². The van der Waals surface area contributed by atoms with E-state index in [1.165, 1.54) is 10.9 Å². The van der Waals surface area contributed by atoms with Crippen molar-refractivity contribution in [2.45, 2.75) is 13.0 Å². The molecule has 0 aliphatic carbocycles. The molecule has 0 saturated heterocycles. The van der Waals surface area contributed by atoms with Crippen LogP contribution in [0, 0.1) is 5.82 Å². The number of nitrogens with one attached hydrogen (secondary N) is 2. The third kappa shape index (κ3) is 5.13. The minimum atomic E-state index is -0.161. The number of hydrogen-bond donors (Lipinski definition) is 2. The van der Waals surface area contributed by atoms with E-state index in [1.54, 1.807) is 30.5 Å². The van der Waals surface area contributed by atoms with Gasteiger partial charge in [0.2, 0.25) is 0 Å². The van der Waals surface area contributed by atoms with Crippen LogP contribution >= 0.6 is 27.3 Å². The molecular weight excluding hydrogens is 353 g/mol. The van der Waals surface area contributed by atoms with Gasteiger partial charge in [-0.25, -0.2) is 4.39 Å². The average molecular weight is 370 g/mol. The molecule has 21 heavy (non-hydrogen) atoms. The predicted octanol–water partition coefficient (Wildman–Crippen LogP) is 3.56. The summed E-state index contributed by atoms with van der Waals surface area (Å²) < 4.78 is 14.6. The zero-order valence-electron chi connectivity index (χ0n) is 11.7. The molecule has 1 heterocycles. The number of rotatable bonds is 5. The van der Waals surface area contributed by atoms with Gasteiger partial charge in [-0.3, -0.25) is 4.99 Å². The molecule has 3 nitrogen and oxygen atoms in total. The second kappa shape index (κ2) is 8.14. The van der Waals surface area contributed by atoms with Gasteiger partial charge in [0.1, 0.15) is 5.82 Å². The van der Waals surface area contributed by atoms with E-state index in [2.05, 4.69) is 37.6 Å². The largest absolute Gasteiger partial charge is 0.356 e. The molecule has 0 unspecified atom stereocenters. The summed E-state index contributed by atoms with van der Waals surface area (Å²) in [5, 5.41) is 6.42. The quantitative estimate of drug-likeness (QED) is 0.624. The summed E-state index contributed by atoms with van der Waals surface area (Å²) in [5.41, 5.74) is 0.711. The Morgan fingerprint density at radius 3 is 2.71 bits per heavy atom. The van der Waals surface area contributed by atoms with Crippen LogP contribution in [0.25, 0.3) is 0 Å². The minimum Gasteiger partial charge on any atom is -0.356 e. The van der Waals surface area contributed by atoms with E-state index in [-0.39, 0.29) is 5.82 Å². The van der Waals surface area contributed by atoms with Crippen molar-refractivity contribution in [1.82, 2.24) is 10.6 Å². The smallest absolute Gasteiger partial charge is 0.191 e. The van der Waals surface area contributed by atoms with Crippen LogP contribution in [-0.2, 0) is 13.0 Å². The third-order valence-corrected chi connectivity index (χ3v) is 4.55. The first-order valence-corrected chi connectivity index (χ1v) is 8.22. The summed E-state index contributed by atoms with van der Waals surface area (Å²) in [6.07, 6.45) is 0.623. The van der Waals surface area contributed by atoms with E-state index in [1.807, 2.05) is 12.1 Å². The maximum Gasteiger partial charge on any atom is 0.191 e. The molecule has 0 bridgehead atoms. The molecule has 2 rings (SSSR count). The molecule has 2 N–H and O–H groups in total. The molecule has 0 atom stereocenters. The van der Waals surface area contributed by atoms with Crippen molar-refractivity contribution >= 4 is 33.2 Å². The lowest BCUT2D eigenvalue weighted by atomic mass is 10.1. The van der Waals surface area contributed by atoms with E-state index < -0.39 is 0 Å². The standard InChI is InChI=1S/C15H17BrFN3S/c1-18-15(20-10-12-6-7-14(16)21-12)19-9-8-11-4-2-3-5-13(11)17/h2-7H,8-10H2,1H3,(H2,18,19,20). The average Bonchev–Trinajstić information content (AvgIpc) is 2.90. The molecule has 0 saturated carbocycles. The van der Waals surface area contributed by atoms with E-state index in [4.69, 9.17) is 0 Å². The Balaban J connectivity index is 1.77. The Labute approximate surface area is 136 Å². The maximum atomic E-state index is 13.5. The van der Waals surface area contributed by atoms with Crippen LogP contribution in [0.3, 0.4) is 0 Å². The van der Waals surface area contributed by atoms with Crippen molar-refractivity contribution in [2.75, 3.05) is 13.6 Å². The Kier molecular flexibility index (Phi) is 6.20. The molecule has 112 valence electrons. The molecular formula is C15H17BrFN3S. The lowest BCUT2D eigenvalue weighted by Gasteiger charge is -2.11. The van der Waals surface area contributed by atoms with Gasteiger partial charge in [0.25, 0.3) is 0 Å². The molecule has 0 spiro atoms. The number of nitrogens with zero attached hydrogens (tertiary/aromatic N) is 1. The number of halogens is 2. The summed E-state index contributed by atoms with van der Waals surface area (Å²) in [6, 6.07) is 10.9. The molecule has 1 aromatic carbocycles. The number of aliphatic imine (C=N–C) groups is 1. The lowest BCUT2D eigenvalue weighted by molar-refractivity contribution is 0.607. The summed E-state index contributed by atoms with van der Waals surface area (Å²) in [6.45, 7) is 1.35. The van der Waals surface area contributed by atoms with Crippen molar-refractivity contribution in [1.29, 1.82) is 0 Å². The van der Waals surface area contributed by atoms with Gasteiger partial charge in [0.05, 0.1) is 10.3 Å².